The van der Waals surface area contributed by atoms with Crippen molar-refractivity contribution < 1.29 is 22.7 Å². The van der Waals surface area contributed by atoms with Crippen molar-refractivity contribution >= 4 is 28.7 Å². The standard InChI is InChI=1S/C13H11F3N2O2S/c1-20-11-3-2-8(13(14,15)16)6-10(11)18-12(19)17-9-4-5-21-7-9/h2-7H,1H3,(H2,17,18,19). The number of hydrogen-bond acceptors (Lipinski definition) is 3. The van der Waals surface area contributed by atoms with Gasteiger partial charge in [0.25, 0.3) is 0 Å². The summed E-state index contributed by atoms with van der Waals surface area (Å²) in [5, 5.41) is 8.31. The molecule has 0 spiro atoms. The molecule has 0 radical (unpaired) electrons. The number of carbonyl (C=O) groups is 1. The van der Waals surface area contributed by atoms with Gasteiger partial charge in [-0.1, -0.05) is 0 Å². The third-order valence-electron chi connectivity index (χ3n) is 2.55. The minimum Gasteiger partial charge on any atom is -0.495 e. The van der Waals surface area contributed by atoms with E-state index < -0.39 is 17.8 Å². The molecule has 0 unspecified atom stereocenters. The number of benzene rings is 1. The lowest BCUT2D eigenvalue weighted by Gasteiger charge is -2.13. The Morgan fingerprint density at radius 3 is 2.57 bits per heavy atom. The van der Waals surface area contributed by atoms with E-state index >= 15 is 0 Å². The van der Waals surface area contributed by atoms with Crippen LogP contribution in [-0.2, 0) is 6.18 Å². The second-order valence-corrected chi connectivity index (χ2v) is 4.78. The average Bonchev–Trinajstić information content (AvgIpc) is 2.90. The van der Waals surface area contributed by atoms with Crippen LogP contribution in [0.25, 0.3) is 0 Å². The number of urea groups is 1. The van der Waals surface area contributed by atoms with Crippen LogP contribution >= 0.6 is 11.3 Å². The Bertz CT molecular complexity index is 627. The summed E-state index contributed by atoms with van der Waals surface area (Å²) in [5.41, 5.74) is -0.363. The first-order valence-corrected chi connectivity index (χ1v) is 6.70. The molecule has 1 aromatic heterocycles. The summed E-state index contributed by atoms with van der Waals surface area (Å²) in [7, 11) is 1.31. The SMILES string of the molecule is COc1ccc(C(F)(F)F)cc1NC(=O)Nc1ccsc1. The van der Waals surface area contributed by atoms with Gasteiger partial charge < -0.3 is 15.4 Å². The maximum Gasteiger partial charge on any atom is 0.416 e. The number of alkyl halides is 3. The van der Waals surface area contributed by atoms with Crippen molar-refractivity contribution in [2.24, 2.45) is 0 Å². The molecule has 0 aliphatic carbocycles. The largest absolute Gasteiger partial charge is 0.495 e. The van der Waals surface area contributed by atoms with Crippen LogP contribution in [0.4, 0.5) is 29.3 Å². The lowest BCUT2D eigenvalue weighted by Crippen LogP contribution is -2.20. The lowest BCUT2D eigenvalue weighted by atomic mass is 10.2. The van der Waals surface area contributed by atoms with Crippen LogP contribution in [0.15, 0.2) is 35.0 Å². The van der Waals surface area contributed by atoms with E-state index in [0.717, 1.165) is 18.2 Å². The van der Waals surface area contributed by atoms with Gasteiger partial charge in [-0.3, -0.25) is 0 Å². The highest BCUT2D eigenvalue weighted by Crippen LogP contribution is 2.34. The molecular formula is C13H11F3N2O2S. The van der Waals surface area contributed by atoms with Gasteiger partial charge in [-0.15, -0.1) is 0 Å². The van der Waals surface area contributed by atoms with Crippen molar-refractivity contribution in [1.82, 2.24) is 0 Å². The first-order valence-electron chi connectivity index (χ1n) is 5.75. The number of amides is 2. The Balaban J connectivity index is 2.19. The molecule has 0 aliphatic heterocycles. The second-order valence-electron chi connectivity index (χ2n) is 4.00. The quantitative estimate of drug-likeness (QED) is 0.880. The topological polar surface area (TPSA) is 50.4 Å². The number of nitrogens with one attached hydrogen (secondary N) is 2. The zero-order valence-electron chi connectivity index (χ0n) is 10.8. The van der Waals surface area contributed by atoms with Gasteiger partial charge in [0.15, 0.2) is 0 Å². The number of halogens is 3. The Morgan fingerprint density at radius 2 is 2.00 bits per heavy atom. The van der Waals surface area contributed by atoms with E-state index in [4.69, 9.17) is 4.74 Å². The maximum atomic E-state index is 12.7. The van der Waals surface area contributed by atoms with Crippen LogP contribution in [0.3, 0.4) is 0 Å². The van der Waals surface area contributed by atoms with E-state index in [1.807, 2.05) is 0 Å². The molecule has 21 heavy (non-hydrogen) atoms. The van der Waals surface area contributed by atoms with Crippen LogP contribution in [0.2, 0.25) is 0 Å². The van der Waals surface area contributed by atoms with Gasteiger partial charge in [0, 0.05) is 5.38 Å². The van der Waals surface area contributed by atoms with E-state index in [2.05, 4.69) is 10.6 Å². The summed E-state index contributed by atoms with van der Waals surface area (Å²) < 4.78 is 43.0. The summed E-state index contributed by atoms with van der Waals surface area (Å²) in [6, 6.07) is 3.90. The number of thiophene rings is 1. The van der Waals surface area contributed by atoms with E-state index in [9.17, 15) is 18.0 Å². The molecule has 4 nitrogen and oxygen atoms in total. The van der Waals surface area contributed by atoms with Crippen LogP contribution < -0.4 is 15.4 Å². The molecule has 2 rings (SSSR count). The van der Waals surface area contributed by atoms with Gasteiger partial charge in [-0.05, 0) is 29.6 Å². The smallest absolute Gasteiger partial charge is 0.416 e. The normalized spacial score (nSPS) is 11.0. The molecule has 1 aromatic carbocycles. The maximum absolute atomic E-state index is 12.7. The van der Waals surface area contributed by atoms with Crippen molar-refractivity contribution in [1.29, 1.82) is 0 Å². The molecule has 8 heteroatoms. The van der Waals surface area contributed by atoms with Crippen LogP contribution in [-0.4, -0.2) is 13.1 Å². The third-order valence-corrected chi connectivity index (χ3v) is 3.24. The van der Waals surface area contributed by atoms with Crippen LogP contribution in [0.1, 0.15) is 5.56 Å². The molecule has 0 atom stereocenters. The summed E-state index contributed by atoms with van der Waals surface area (Å²) in [4.78, 5) is 11.8. The third kappa shape index (κ3) is 3.88. The summed E-state index contributed by atoms with van der Waals surface area (Å²) in [6.45, 7) is 0. The van der Waals surface area contributed by atoms with Gasteiger partial charge in [-0.25, -0.2) is 4.79 Å². The minimum absolute atomic E-state index is 0.0555. The molecule has 2 N–H and O–H groups in total. The highest BCUT2D eigenvalue weighted by atomic mass is 32.1. The predicted molar refractivity (Wildman–Crippen MR) is 75.0 cm³/mol. The van der Waals surface area contributed by atoms with Crippen molar-refractivity contribution in [2.75, 3.05) is 17.7 Å². The molecular weight excluding hydrogens is 305 g/mol. The molecule has 0 saturated heterocycles. The number of methoxy groups -OCH3 is 1. The van der Waals surface area contributed by atoms with Crippen molar-refractivity contribution in [3.05, 3.63) is 40.6 Å². The van der Waals surface area contributed by atoms with E-state index in [-0.39, 0.29) is 11.4 Å². The second kappa shape index (κ2) is 6.04. The van der Waals surface area contributed by atoms with Gasteiger partial charge in [-0.2, -0.15) is 24.5 Å². The first kappa shape index (κ1) is 15.2. The summed E-state index contributed by atoms with van der Waals surface area (Å²) in [6.07, 6.45) is -4.49. The van der Waals surface area contributed by atoms with Crippen molar-refractivity contribution in [2.45, 2.75) is 6.18 Å². The van der Waals surface area contributed by atoms with Gasteiger partial charge in [0.2, 0.25) is 0 Å². The Hall–Kier alpha value is -2.22. The number of rotatable bonds is 3. The number of carbonyl (C=O) groups excluding carboxylic acids is 1. The fourth-order valence-corrected chi connectivity index (χ4v) is 2.19. The molecule has 2 amide bonds. The Kier molecular flexibility index (Phi) is 4.37. The predicted octanol–water partition coefficient (Wildman–Crippen LogP) is 4.42. The zero-order chi connectivity index (χ0) is 15.5. The first-order chi connectivity index (χ1) is 9.90. The average molecular weight is 316 g/mol. The van der Waals surface area contributed by atoms with Gasteiger partial charge >= 0.3 is 12.2 Å². The molecule has 112 valence electrons. The molecule has 2 aromatic rings. The van der Waals surface area contributed by atoms with E-state index in [1.54, 1.807) is 16.8 Å². The minimum atomic E-state index is -4.49. The number of hydrogen-bond donors (Lipinski definition) is 2. The van der Waals surface area contributed by atoms with Crippen molar-refractivity contribution in [3.8, 4) is 5.75 Å². The molecule has 0 aliphatic rings. The Labute approximate surface area is 122 Å². The highest BCUT2D eigenvalue weighted by molar-refractivity contribution is 7.08. The fraction of sp³-hybridized carbons (Fsp3) is 0.154. The summed E-state index contributed by atoms with van der Waals surface area (Å²) >= 11 is 1.39. The lowest BCUT2D eigenvalue weighted by molar-refractivity contribution is -0.137. The molecule has 0 fully saturated rings. The van der Waals surface area contributed by atoms with Gasteiger partial charge in [0.05, 0.1) is 24.0 Å². The number of ether oxygens (including phenoxy) is 1. The molecule has 1 heterocycles. The monoisotopic (exact) mass is 316 g/mol. The fourth-order valence-electron chi connectivity index (χ4n) is 1.60. The van der Waals surface area contributed by atoms with Gasteiger partial charge in [0.1, 0.15) is 5.75 Å². The molecule has 0 saturated carbocycles. The number of anilines is 2. The summed E-state index contributed by atoms with van der Waals surface area (Å²) in [5.74, 6) is 0.142. The van der Waals surface area contributed by atoms with E-state index in [1.165, 1.54) is 18.4 Å². The van der Waals surface area contributed by atoms with Crippen LogP contribution in [0.5, 0.6) is 5.75 Å². The van der Waals surface area contributed by atoms with E-state index in [0.29, 0.717) is 5.69 Å². The highest BCUT2D eigenvalue weighted by Gasteiger charge is 2.31. The van der Waals surface area contributed by atoms with Crippen molar-refractivity contribution in [3.63, 3.8) is 0 Å². The Morgan fingerprint density at radius 1 is 1.24 bits per heavy atom. The van der Waals surface area contributed by atoms with Crippen LogP contribution in [0, 0.1) is 0 Å². The molecule has 0 bridgehead atoms. The zero-order valence-corrected chi connectivity index (χ0v) is 11.6.